The first kappa shape index (κ1) is 12.0. The van der Waals surface area contributed by atoms with Crippen molar-refractivity contribution >= 4 is 17.5 Å². The van der Waals surface area contributed by atoms with Crippen LogP contribution in [0, 0.1) is 0 Å². The number of halogens is 1. The number of nitrogens with zero attached hydrogens (tertiary/aromatic N) is 2. The van der Waals surface area contributed by atoms with E-state index in [1.165, 1.54) is 0 Å². The van der Waals surface area contributed by atoms with E-state index in [0.29, 0.717) is 5.56 Å². The molecule has 0 saturated carbocycles. The fourth-order valence-electron chi connectivity index (χ4n) is 1.39. The molecule has 0 radical (unpaired) electrons. The van der Waals surface area contributed by atoms with Crippen molar-refractivity contribution in [3.63, 3.8) is 0 Å². The third kappa shape index (κ3) is 3.91. The predicted molar refractivity (Wildman–Crippen MR) is 60.1 cm³/mol. The topological polar surface area (TPSA) is 46.9 Å². The first-order valence-corrected chi connectivity index (χ1v) is 5.36. The third-order valence-electron chi connectivity index (χ3n) is 2.02. The van der Waals surface area contributed by atoms with Crippen LogP contribution in [0.25, 0.3) is 0 Å². The molecule has 0 spiro atoms. The Balaban J connectivity index is 2.49. The minimum atomic E-state index is -0.104. The molecule has 15 heavy (non-hydrogen) atoms. The van der Waals surface area contributed by atoms with E-state index in [0.717, 1.165) is 6.42 Å². The summed E-state index contributed by atoms with van der Waals surface area (Å²) in [5.74, 6) is -0.104. The fourth-order valence-corrected chi connectivity index (χ4v) is 1.66. The van der Waals surface area contributed by atoms with Gasteiger partial charge < -0.3 is 5.32 Å². The van der Waals surface area contributed by atoms with E-state index in [9.17, 15) is 4.79 Å². The number of carbonyl (C=O) groups excluding carboxylic acids is 1. The van der Waals surface area contributed by atoms with Gasteiger partial charge in [-0.25, -0.2) is 0 Å². The van der Waals surface area contributed by atoms with Crippen molar-refractivity contribution in [2.24, 2.45) is 7.05 Å². The molecule has 0 aliphatic rings. The molecule has 1 N–H and O–H groups in total. The lowest BCUT2D eigenvalue weighted by Gasteiger charge is -2.14. The summed E-state index contributed by atoms with van der Waals surface area (Å²) in [5.41, 5.74) is 0.576. The molecular formula is C10H16ClN3O. The second-order valence-electron chi connectivity index (χ2n) is 3.79. The summed E-state index contributed by atoms with van der Waals surface area (Å²) >= 11 is 5.84. The summed E-state index contributed by atoms with van der Waals surface area (Å²) in [6.45, 7) is 3.85. The molecule has 0 saturated heterocycles. The molecule has 1 aromatic rings. The number of aryl methyl sites for hydroxylation is 1. The highest BCUT2D eigenvalue weighted by Gasteiger charge is 2.12. The number of amides is 1. The SMILES string of the molecule is CC(Cl)CC(C)NC(=O)c1cnn(C)c1. The van der Waals surface area contributed by atoms with Gasteiger partial charge in [-0.15, -0.1) is 11.6 Å². The zero-order chi connectivity index (χ0) is 11.4. The number of aromatic nitrogens is 2. The van der Waals surface area contributed by atoms with Crippen LogP contribution in [-0.2, 0) is 7.05 Å². The second kappa shape index (κ2) is 5.16. The van der Waals surface area contributed by atoms with E-state index in [1.807, 2.05) is 13.8 Å². The number of carbonyl (C=O) groups is 1. The Morgan fingerprint density at radius 2 is 2.33 bits per heavy atom. The van der Waals surface area contributed by atoms with Crippen LogP contribution in [0.2, 0.25) is 0 Å². The Bertz CT molecular complexity index is 335. The van der Waals surface area contributed by atoms with Crippen molar-refractivity contribution in [1.82, 2.24) is 15.1 Å². The largest absolute Gasteiger partial charge is 0.349 e. The molecule has 1 rings (SSSR count). The molecule has 0 aromatic carbocycles. The lowest BCUT2D eigenvalue weighted by molar-refractivity contribution is 0.0938. The third-order valence-corrected chi connectivity index (χ3v) is 2.20. The smallest absolute Gasteiger partial charge is 0.254 e. The van der Waals surface area contributed by atoms with Gasteiger partial charge in [0.15, 0.2) is 0 Å². The maximum atomic E-state index is 11.6. The summed E-state index contributed by atoms with van der Waals surface area (Å²) in [6.07, 6.45) is 3.99. The highest BCUT2D eigenvalue weighted by molar-refractivity contribution is 6.20. The van der Waals surface area contributed by atoms with Gasteiger partial charge in [0.25, 0.3) is 5.91 Å². The molecule has 0 bridgehead atoms. The number of hydrogen-bond donors (Lipinski definition) is 1. The first-order chi connectivity index (χ1) is 6.99. The maximum Gasteiger partial charge on any atom is 0.254 e. The molecular weight excluding hydrogens is 214 g/mol. The van der Waals surface area contributed by atoms with Crippen molar-refractivity contribution in [1.29, 1.82) is 0 Å². The van der Waals surface area contributed by atoms with Crippen LogP contribution in [0.15, 0.2) is 12.4 Å². The fraction of sp³-hybridized carbons (Fsp3) is 0.600. The summed E-state index contributed by atoms with van der Waals surface area (Å²) in [5, 5.41) is 6.86. The first-order valence-electron chi connectivity index (χ1n) is 4.92. The summed E-state index contributed by atoms with van der Waals surface area (Å²) < 4.78 is 1.60. The van der Waals surface area contributed by atoms with Crippen molar-refractivity contribution in [3.05, 3.63) is 18.0 Å². The monoisotopic (exact) mass is 229 g/mol. The Morgan fingerprint density at radius 1 is 1.67 bits per heavy atom. The van der Waals surface area contributed by atoms with Gasteiger partial charge >= 0.3 is 0 Å². The Kier molecular flexibility index (Phi) is 4.15. The van der Waals surface area contributed by atoms with E-state index in [2.05, 4.69) is 10.4 Å². The summed E-state index contributed by atoms with van der Waals surface area (Å²) in [7, 11) is 1.78. The van der Waals surface area contributed by atoms with E-state index < -0.39 is 0 Å². The van der Waals surface area contributed by atoms with Crippen LogP contribution in [0.4, 0.5) is 0 Å². The molecule has 1 amide bonds. The van der Waals surface area contributed by atoms with Crippen LogP contribution in [0.3, 0.4) is 0 Å². The van der Waals surface area contributed by atoms with Gasteiger partial charge in [-0.3, -0.25) is 9.48 Å². The second-order valence-corrected chi connectivity index (χ2v) is 4.54. The molecule has 4 nitrogen and oxygen atoms in total. The predicted octanol–water partition coefficient (Wildman–Crippen LogP) is 1.56. The zero-order valence-electron chi connectivity index (χ0n) is 9.20. The van der Waals surface area contributed by atoms with Crippen LogP contribution >= 0.6 is 11.6 Å². The summed E-state index contributed by atoms with van der Waals surface area (Å²) in [6, 6.07) is 0.0743. The standard InChI is InChI=1S/C10H16ClN3O/c1-7(11)4-8(2)13-10(15)9-5-12-14(3)6-9/h5-8H,4H2,1-3H3,(H,13,15). The van der Waals surface area contributed by atoms with Crippen LogP contribution in [-0.4, -0.2) is 27.1 Å². The van der Waals surface area contributed by atoms with Crippen molar-refractivity contribution in [2.45, 2.75) is 31.7 Å². The number of rotatable bonds is 4. The van der Waals surface area contributed by atoms with Crippen LogP contribution < -0.4 is 5.32 Å². The highest BCUT2D eigenvalue weighted by Crippen LogP contribution is 2.05. The van der Waals surface area contributed by atoms with Gasteiger partial charge in [-0.1, -0.05) is 0 Å². The maximum absolute atomic E-state index is 11.6. The molecule has 5 heteroatoms. The Morgan fingerprint density at radius 3 is 2.80 bits per heavy atom. The number of alkyl halides is 1. The molecule has 0 fully saturated rings. The van der Waals surface area contributed by atoms with Gasteiger partial charge in [0.1, 0.15) is 0 Å². The number of nitrogens with one attached hydrogen (secondary N) is 1. The van der Waals surface area contributed by atoms with Gasteiger partial charge in [-0.05, 0) is 20.3 Å². The molecule has 2 unspecified atom stereocenters. The molecule has 1 heterocycles. The molecule has 2 atom stereocenters. The van der Waals surface area contributed by atoms with Gasteiger partial charge in [0, 0.05) is 24.7 Å². The van der Waals surface area contributed by atoms with Gasteiger partial charge in [0.2, 0.25) is 0 Å². The Labute approximate surface area is 94.6 Å². The lowest BCUT2D eigenvalue weighted by atomic mass is 10.2. The Hall–Kier alpha value is -1.03. The van der Waals surface area contributed by atoms with E-state index in [1.54, 1.807) is 24.1 Å². The van der Waals surface area contributed by atoms with Crippen molar-refractivity contribution < 1.29 is 4.79 Å². The molecule has 1 aromatic heterocycles. The lowest BCUT2D eigenvalue weighted by Crippen LogP contribution is -2.33. The van der Waals surface area contributed by atoms with Gasteiger partial charge in [-0.2, -0.15) is 5.10 Å². The summed E-state index contributed by atoms with van der Waals surface area (Å²) in [4.78, 5) is 11.6. The van der Waals surface area contributed by atoms with E-state index in [-0.39, 0.29) is 17.3 Å². The average molecular weight is 230 g/mol. The van der Waals surface area contributed by atoms with Gasteiger partial charge in [0.05, 0.1) is 11.8 Å². The highest BCUT2D eigenvalue weighted by atomic mass is 35.5. The quantitative estimate of drug-likeness (QED) is 0.797. The molecule has 84 valence electrons. The van der Waals surface area contributed by atoms with Crippen molar-refractivity contribution in [2.75, 3.05) is 0 Å². The minimum Gasteiger partial charge on any atom is -0.349 e. The zero-order valence-corrected chi connectivity index (χ0v) is 9.95. The molecule has 0 aliphatic heterocycles. The normalized spacial score (nSPS) is 14.7. The van der Waals surface area contributed by atoms with Crippen molar-refractivity contribution in [3.8, 4) is 0 Å². The molecule has 0 aliphatic carbocycles. The van der Waals surface area contributed by atoms with E-state index >= 15 is 0 Å². The average Bonchev–Trinajstić information content (AvgIpc) is 2.49. The minimum absolute atomic E-state index is 0.0641. The van der Waals surface area contributed by atoms with Crippen LogP contribution in [0.5, 0.6) is 0 Å². The van der Waals surface area contributed by atoms with Crippen LogP contribution in [0.1, 0.15) is 30.6 Å². The van der Waals surface area contributed by atoms with E-state index in [4.69, 9.17) is 11.6 Å². The number of hydrogen-bond acceptors (Lipinski definition) is 2.